The van der Waals surface area contributed by atoms with Crippen LogP contribution in [0.5, 0.6) is 0 Å². The van der Waals surface area contributed by atoms with Crippen molar-refractivity contribution < 1.29 is 57.6 Å². The van der Waals surface area contributed by atoms with Crippen molar-refractivity contribution in [2.45, 2.75) is 209 Å². The first kappa shape index (κ1) is 91.6. The molecule has 6 aromatic carbocycles. The molecule has 0 amide bonds. The van der Waals surface area contributed by atoms with Crippen LogP contribution in [0.3, 0.4) is 0 Å². The zero-order chi connectivity index (χ0) is 75.3. The standard InChI is InChI=1S/C18H26O2.2C17H24O2.C15H20O2.2C12H14O2/c1-2-3-4-5-6-7-8-10-16-11-9-12-17(15-16)13-14-18(19)20;1-3-5-9-15(4-2)14-19-17(18)13-12-16-10-7-6-8-11-16;1-2-3-4-5-6-10-15-19-17(18)14-13-16-11-8-7-9-12-16;1-2-3-4-8-13-17-15(16)12-11-14-9-6-5-7-10-14;1-10(2)14-12(13)9-8-11-6-4-3-5-7-11;1-2-10-14-12(13)9-8-11-6-4-3-5-7-11/h9,11-15H,2-8,10H2,1H3,(H,19,20);6-8,10-13,15H,3-5,9,14H2,1-2H3;7-9,11-14H,2-6,10,15H2,1H3;5-7,9-12H,2-4,8,13H2,1H3;3-10H,1-2H3;3-9H,2,10H2,1H3. The number of rotatable bonds is 41. The van der Waals surface area contributed by atoms with Crippen LogP contribution in [0.4, 0.5) is 0 Å². The molecule has 0 bridgehead atoms. The summed E-state index contributed by atoms with van der Waals surface area (Å²) < 4.78 is 25.4. The molecule has 0 saturated heterocycles. The molecule has 12 nitrogen and oxygen atoms in total. The van der Waals surface area contributed by atoms with Gasteiger partial charge in [-0.3, -0.25) is 0 Å². The zero-order valence-electron chi connectivity index (χ0n) is 63.4. The van der Waals surface area contributed by atoms with Gasteiger partial charge < -0.3 is 28.8 Å². The van der Waals surface area contributed by atoms with E-state index in [2.05, 4.69) is 46.8 Å². The van der Waals surface area contributed by atoms with Crippen LogP contribution in [0.1, 0.15) is 236 Å². The van der Waals surface area contributed by atoms with E-state index in [4.69, 9.17) is 28.8 Å². The van der Waals surface area contributed by atoms with E-state index in [1.807, 2.05) is 185 Å². The number of carboxylic acids is 1. The molecule has 0 spiro atoms. The molecule has 6 rings (SSSR count). The molecular weight excluding hydrogens is 1280 g/mol. The first-order valence-corrected chi connectivity index (χ1v) is 37.7. The molecule has 558 valence electrons. The molecule has 6 aromatic rings. The highest BCUT2D eigenvalue weighted by atomic mass is 16.5. The molecule has 0 aliphatic rings. The van der Waals surface area contributed by atoms with Crippen molar-refractivity contribution in [3.8, 4) is 0 Å². The minimum atomic E-state index is -0.900. The van der Waals surface area contributed by atoms with Crippen LogP contribution >= 0.6 is 0 Å². The molecule has 0 saturated carbocycles. The van der Waals surface area contributed by atoms with Gasteiger partial charge in [-0.15, -0.1) is 0 Å². The molecule has 0 fully saturated rings. The van der Waals surface area contributed by atoms with Crippen molar-refractivity contribution in [2.24, 2.45) is 5.92 Å². The van der Waals surface area contributed by atoms with Gasteiger partial charge in [0.1, 0.15) is 0 Å². The largest absolute Gasteiger partial charge is 0.478 e. The first-order valence-electron chi connectivity index (χ1n) is 37.7. The summed E-state index contributed by atoms with van der Waals surface area (Å²) in [6.07, 6.45) is 46.4. The normalized spacial score (nSPS) is 11.1. The monoisotopic (exact) mass is 1410 g/mol. The number of hydrogen-bond acceptors (Lipinski definition) is 11. The molecule has 12 heteroatoms. The Bertz CT molecular complexity index is 3260. The Hall–Kier alpha value is -9.42. The smallest absolute Gasteiger partial charge is 0.331 e. The van der Waals surface area contributed by atoms with Crippen molar-refractivity contribution in [3.63, 3.8) is 0 Å². The van der Waals surface area contributed by atoms with Gasteiger partial charge in [0.05, 0.1) is 32.5 Å². The Labute approximate surface area is 619 Å². The van der Waals surface area contributed by atoms with E-state index >= 15 is 0 Å². The lowest BCUT2D eigenvalue weighted by molar-refractivity contribution is -0.141. The van der Waals surface area contributed by atoms with Crippen LogP contribution < -0.4 is 0 Å². The van der Waals surface area contributed by atoms with Crippen molar-refractivity contribution in [1.29, 1.82) is 0 Å². The molecule has 103 heavy (non-hydrogen) atoms. The second-order valence-electron chi connectivity index (χ2n) is 24.9. The summed E-state index contributed by atoms with van der Waals surface area (Å²) in [5.41, 5.74) is 7.29. The van der Waals surface area contributed by atoms with Crippen LogP contribution in [-0.4, -0.2) is 73.5 Å². The maximum Gasteiger partial charge on any atom is 0.331 e. The van der Waals surface area contributed by atoms with Crippen LogP contribution in [0, 0.1) is 5.92 Å². The molecule has 1 unspecified atom stereocenters. The number of esters is 5. The van der Waals surface area contributed by atoms with Crippen LogP contribution in [0.25, 0.3) is 36.5 Å². The third-order valence-electron chi connectivity index (χ3n) is 15.3. The lowest BCUT2D eigenvalue weighted by atomic mass is 10.0. The van der Waals surface area contributed by atoms with E-state index in [1.165, 1.54) is 138 Å². The third kappa shape index (κ3) is 57.9. The quantitative estimate of drug-likeness (QED) is 0.0167. The summed E-state index contributed by atoms with van der Waals surface area (Å²) >= 11 is 0. The zero-order valence-corrected chi connectivity index (χ0v) is 63.4. The van der Waals surface area contributed by atoms with Crippen molar-refractivity contribution in [3.05, 3.63) is 251 Å². The molecule has 0 heterocycles. The predicted molar refractivity (Wildman–Crippen MR) is 428 cm³/mol. The van der Waals surface area contributed by atoms with E-state index < -0.39 is 5.97 Å². The number of ether oxygens (including phenoxy) is 5. The molecule has 0 aliphatic carbocycles. The second-order valence-corrected chi connectivity index (χ2v) is 24.9. The minimum Gasteiger partial charge on any atom is -0.478 e. The molecule has 0 aromatic heterocycles. The lowest BCUT2D eigenvalue weighted by Gasteiger charge is -2.13. The molecule has 1 N–H and O–H groups in total. The van der Waals surface area contributed by atoms with Gasteiger partial charge in [0.15, 0.2) is 0 Å². The Morgan fingerprint density at radius 2 is 0.650 bits per heavy atom. The van der Waals surface area contributed by atoms with Gasteiger partial charge in [0.2, 0.25) is 0 Å². The highest BCUT2D eigenvalue weighted by molar-refractivity contribution is 5.89. The molecule has 1 atom stereocenters. The van der Waals surface area contributed by atoms with E-state index in [0.717, 1.165) is 84.7 Å². The molecular formula is C91H122O12. The van der Waals surface area contributed by atoms with Crippen LogP contribution in [0.2, 0.25) is 0 Å². The fraction of sp³-hybridized carbons (Fsp3) is 0.407. The fourth-order valence-electron chi connectivity index (χ4n) is 9.47. The maximum absolute atomic E-state index is 11.6. The summed E-state index contributed by atoms with van der Waals surface area (Å²) in [6, 6.07) is 56.7. The SMILES string of the molecule is CC(C)OC(=O)C=Cc1ccccc1.CCCCC(CC)COC(=O)C=Cc1ccccc1.CCCCCCCCCc1cccc(C=CC(=O)O)c1.CCCCCCCCOC(=O)C=Cc1ccccc1.CCCCCCOC(=O)C=Cc1ccccc1.CCCOC(=O)C=Cc1ccccc1. The predicted octanol–water partition coefficient (Wildman–Crippen LogP) is 23.3. The Kier molecular flexibility index (Phi) is 58.6. The van der Waals surface area contributed by atoms with E-state index in [-0.39, 0.29) is 36.0 Å². The van der Waals surface area contributed by atoms with E-state index in [9.17, 15) is 28.8 Å². The average Bonchev–Trinajstić information content (AvgIpc) is 0.999. The van der Waals surface area contributed by atoms with E-state index in [0.29, 0.717) is 32.3 Å². The molecule has 0 aliphatic heterocycles. The lowest BCUT2D eigenvalue weighted by Crippen LogP contribution is -2.12. The average molecular weight is 1410 g/mol. The topological polar surface area (TPSA) is 169 Å². The summed E-state index contributed by atoms with van der Waals surface area (Å²) in [7, 11) is 0. The van der Waals surface area contributed by atoms with Gasteiger partial charge in [-0.05, 0) is 134 Å². The third-order valence-corrected chi connectivity index (χ3v) is 15.3. The Morgan fingerprint density at radius 3 is 1.01 bits per heavy atom. The first-order chi connectivity index (χ1) is 50.1. The van der Waals surface area contributed by atoms with Crippen molar-refractivity contribution in [2.75, 3.05) is 26.4 Å². The highest BCUT2D eigenvalue weighted by Crippen LogP contribution is 2.16. The number of aliphatic carboxylic acids is 1. The summed E-state index contributed by atoms with van der Waals surface area (Å²) in [5, 5.41) is 8.62. The Balaban J connectivity index is 0.000000621. The number of carbonyl (C=O) groups excluding carboxylic acids is 5. The van der Waals surface area contributed by atoms with Crippen molar-refractivity contribution in [1.82, 2.24) is 0 Å². The van der Waals surface area contributed by atoms with Gasteiger partial charge in [-0.1, -0.05) is 327 Å². The summed E-state index contributed by atoms with van der Waals surface area (Å²) in [6.45, 7) is 18.6. The number of unbranched alkanes of at least 4 members (excludes halogenated alkanes) is 15. The molecule has 0 radical (unpaired) electrons. The number of hydrogen-bond donors (Lipinski definition) is 1. The van der Waals surface area contributed by atoms with Gasteiger partial charge >= 0.3 is 35.8 Å². The minimum absolute atomic E-state index is 0.0667. The van der Waals surface area contributed by atoms with Gasteiger partial charge in [0.25, 0.3) is 0 Å². The van der Waals surface area contributed by atoms with Crippen LogP contribution in [-0.2, 0) is 58.9 Å². The number of carboxylic acid groups (broad SMARTS) is 1. The number of aryl methyl sites for hydroxylation is 1. The van der Waals surface area contributed by atoms with Gasteiger partial charge in [-0.25, -0.2) is 28.8 Å². The van der Waals surface area contributed by atoms with E-state index in [1.54, 1.807) is 36.5 Å². The maximum atomic E-state index is 11.6. The Morgan fingerprint density at radius 1 is 0.330 bits per heavy atom. The van der Waals surface area contributed by atoms with Gasteiger partial charge in [-0.2, -0.15) is 0 Å². The highest BCUT2D eigenvalue weighted by Gasteiger charge is 2.09. The van der Waals surface area contributed by atoms with Crippen LogP contribution in [0.15, 0.2) is 212 Å². The number of benzene rings is 6. The number of carbonyl (C=O) groups is 6. The summed E-state index contributed by atoms with van der Waals surface area (Å²) in [5.74, 6) is -1.75. The van der Waals surface area contributed by atoms with Gasteiger partial charge in [0, 0.05) is 36.5 Å². The summed E-state index contributed by atoms with van der Waals surface area (Å²) in [4.78, 5) is 67.1. The fourth-order valence-corrected chi connectivity index (χ4v) is 9.47. The van der Waals surface area contributed by atoms with Crippen molar-refractivity contribution >= 4 is 72.3 Å². The second kappa shape index (κ2) is 65.9.